The summed E-state index contributed by atoms with van der Waals surface area (Å²) in [5.74, 6) is 1.13. The van der Waals surface area contributed by atoms with Crippen molar-refractivity contribution in [3.63, 3.8) is 0 Å². The smallest absolute Gasteiger partial charge is 0.387 e. The van der Waals surface area contributed by atoms with E-state index in [1.54, 1.807) is 38.3 Å². The highest BCUT2D eigenvalue weighted by Gasteiger charge is 2.15. The molecule has 0 fully saturated rings. The van der Waals surface area contributed by atoms with Gasteiger partial charge in [-0.2, -0.15) is 8.78 Å². The number of halogens is 2. The molecule has 1 heterocycles. The van der Waals surface area contributed by atoms with Crippen LogP contribution < -0.4 is 9.47 Å². The predicted molar refractivity (Wildman–Crippen MR) is 135 cm³/mol. The van der Waals surface area contributed by atoms with Gasteiger partial charge in [0, 0.05) is 12.3 Å². The van der Waals surface area contributed by atoms with Crippen molar-refractivity contribution in [2.45, 2.75) is 37.4 Å². The summed E-state index contributed by atoms with van der Waals surface area (Å²) in [7, 11) is 1.64. The van der Waals surface area contributed by atoms with Crippen LogP contribution in [0.1, 0.15) is 28.4 Å². The van der Waals surface area contributed by atoms with E-state index in [0.29, 0.717) is 30.0 Å². The van der Waals surface area contributed by atoms with Gasteiger partial charge < -0.3 is 18.8 Å². The Kier molecular flexibility index (Phi) is 8.43. The number of ether oxygens (including phenoxy) is 3. The number of thioether (sulfide) groups is 1. The van der Waals surface area contributed by atoms with Crippen molar-refractivity contribution in [3.05, 3.63) is 83.4 Å². The number of hydrogen-bond acceptors (Lipinski definition) is 6. The van der Waals surface area contributed by atoms with Gasteiger partial charge in [0.05, 0.1) is 30.3 Å². The number of rotatable bonds is 11. The van der Waals surface area contributed by atoms with E-state index in [2.05, 4.69) is 9.30 Å². The maximum absolute atomic E-state index is 12.4. The van der Waals surface area contributed by atoms with Crippen LogP contribution in [0.15, 0.2) is 71.9 Å². The minimum atomic E-state index is -2.85. The maximum Gasteiger partial charge on any atom is 0.387 e. The Balaban J connectivity index is 1.57. The van der Waals surface area contributed by atoms with Gasteiger partial charge in [0.15, 0.2) is 5.16 Å². The molecule has 0 amide bonds. The molecule has 188 valence electrons. The van der Waals surface area contributed by atoms with E-state index in [-0.39, 0.29) is 11.7 Å². The Morgan fingerprint density at radius 2 is 1.69 bits per heavy atom. The maximum atomic E-state index is 12.4. The molecule has 0 unspecified atom stereocenters. The number of hydrogen-bond donors (Lipinski definition) is 0. The molecule has 0 N–H and O–H groups in total. The average Bonchev–Trinajstić information content (AvgIpc) is 3.23. The minimum absolute atomic E-state index is 0.122. The second-order valence-corrected chi connectivity index (χ2v) is 8.82. The summed E-state index contributed by atoms with van der Waals surface area (Å²) in [6, 6.07) is 19.9. The van der Waals surface area contributed by atoms with Gasteiger partial charge in [0.2, 0.25) is 0 Å². The number of aryl methyl sites for hydroxylation is 2. The molecule has 0 bridgehead atoms. The van der Waals surface area contributed by atoms with Gasteiger partial charge in [0.1, 0.15) is 11.5 Å². The molecule has 9 heteroatoms. The standard InChI is InChI=1S/C27H26F2N2O4S/c1-3-34-25(32)20-8-13-24-23(16-20)30-27(31(24)15-14-18-4-9-21(33-2)10-5-18)36-17-19-6-11-22(12-7-19)35-26(28)29/h4-13,16,26H,3,14-15,17H2,1-2H3. The van der Waals surface area contributed by atoms with Crippen LogP contribution in [0.4, 0.5) is 8.78 Å². The number of imidazole rings is 1. The highest BCUT2D eigenvalue weighted by molar-refractivity contribution is 7.98. The fourth-order valence-corrected chi connectivity index (χ4v) is 4.72. The van der Waals surface area contributed by atoms with Crippen LogP contribution in [-0.2, 0) is 23.5 Å². The second kappa shape index (κ2) is 11.9. The molecule has 0 atom stereocenters. The normalized spacial score (nSPS) is 11.1. The number of benzene rings is 3. The van der Waals surface area contributed by atoms with Crippen molar-refractivity contribution >= 4 is 28.8 Å². The molecule has 36 heavy (non-hydrogen) atoms. The molecule has 4 rings (SSSR count). The Labute approximate surface area is 212 Å². The van der Waals surface area contributed by atoms with E-state index in [4.69, 9.17) is 14.5 Å². The van der Waals surface area contributed by atoms with Crippen LogP contribution in [0, 0.1) is 0 Å². The van der Waals surface area contributed by atoms with Crippen molar-refractivity contribution in [2.75, 3.05) is 13.7 Å². The Hall–Kier alpha value is -3.59. The zero-order chi connectivity index (χ0) is 25.5. The molecule has 1 aromatic heterocycles. The van der Waals surface area contributed by atoms with Crippen LogP contribution in [0.25, 0.3) is 11.0 Å². The first-order chi connectivity index (χ1) is 17.5. The topological polar surface area (TPSA) is 62.6 Å². The SMILES string of the molecule is CCOC(=O)c1ccc2c(c1)nc(SCc1ccc(OC(F)F)cc1)n2CCc1ccc(OC)cc1. The number of carbonyl (C=O) groups excluding carboxylic acids is 1. The summed E-state index contributed by atoms with van der Waals surface area (Å²) < 4.78 is 41.8. The fourth-order valence-electron chi connectivity index (χ4n) is 3.72. The number of alkyl halides is 2. The monoisotopic (exact) mass is 512 g/mol. The van der Waals surface area contributed by atoms with Crippen molar-refractivity contribution in [1.29, 1.82) is 0 Å². The van der Waals surface area contributed by atoms with Gasteiger partial charge in [-0.25, -0.2) is 9.78 Å². The number of aromatic nitrogens is 2. The summed E-state index contributed by atoms with van der Waals surface area (Å²) in [5, 5.41) is 0.799. The van der Waals surface area contributed by atoms with Crippen LogP contribution in [-0.4, -0.2) is 35.8 Å². The van der Waals surface area contributed by atoms with E-state index in [0.717, 1.165) is 34.0 Å². The van der Waals surface area contributed by atoms with E-state index in [1.807, 2.05) is 30.3 Å². The van der Waals surface area contributed by atoms with Crippen molar-refractivity contribution in [3.8, 4) is 11.5 Å². The first-order valence-electron chi connectivity index (χ1n) is 11.4. The Morgan fingerprint density at radius 3 is 2.36 bits per heavy atom. The Morgan fingerprint density at radius 1 is 1.00 bits per heavy atom. The minimum Gasteiger partial charge on any atom is -0.497 e. The number of methoxy groups -OCH3 is 1. The van der Waals surface area contributed by atoms with Crippen molar-refractivity contribution < 1.29 is 27.8 Å². The molecule has 0 saturated heterocycles. The lowest BCUT2D eigenvalue weighted by molar-refractivity contribution is -0.0498. The van der Waals surface area contributed by atoms with Gasteiger partial charge in [0.25, 0.3) is 0 Å². The average molecular weight is 513 g/mol. The molecule has 0 aliphatic rings. The molecule has 0 aliphatic heterocycles. The first kappa shape index (κ1) is 25.5. The zero-order valence-corrected chi connectivity index (χ0v) is 20.8. The van der Waals surface area contributed by atoms with E-state index in [9.17, 15) is 13.6 Å². The van der Waals surface area contributed by atoms with E-state index >= 15 is 0 Å². The third-order valence-electron chi connectivity index (χ3n) is 5.52. The number of nitrogens with zero attached hydrogens (tertiary/aromatic N) is 2. The van der Waals surface area contributed by atoms with Gasteiger partial charge in [-0.1, -0.05) is 36.0 Å². The van der Waals surface area contributed by atoms with Crippen LogP contribution in [0.3, 0.4) is 0 Å². The number of esters is 1. The van der Waals surface area contributed by atoms with Crippen molar-refractivity contribution in [1.82, 2.24) is 9.55 Å². The molecule has 3 aromatic carbocycles. The summed E-state index contributed by atoms with van der Waals surface area (Å²) in [4.78, 5) is 17.0. The predicted octanol–water partition coefficient (Wildman–Crippen LogP) is 6.36. The number of fused-ring (bicyclic) bond motifs is 1. The van der Waals surface area contributed by atoms with Crippen molar-refractivity contribution in [2.24, 2.45) is 0 Å². The van der Waals surface area contributed by atoms with Gasteiger partial charge in [-0.05, 0) is 66.9 Å². The summed E-state index contributed by atoms with van der Waals surface area (Å²) in [5.41, 5.74) is 4.18. The summed E-state index contributed by atoms with van der Waals surface area (Å²) in [6.45, 7) is -0.0959. The highest BCUT2D eigenvalue weighted by Crippen LogP contribution is 2.29. The molecular formula is C27H26F2N2O4S. The largest absolute Gasteiger partial charge is 0.497 e. The Bertz CT molecular complexity index is 1310. The lowest BCUT2D eigenvalue weighted by Crippen LogP contribution is -2.05. The molecule has 6 nitrogen and oxygen atoms in total. The molecule has 0 aliphatic carbocycles. The van der Waals surface area contributed by atoms with Gasteiger partial charge >= 0.3 is 12.6 Å². The fraction of sp³-hybridized carbons (Fsp3) is 0.259. The molecule has 0 radical (unpaired) electrons. The lowest BCUT2D eigenvalue weighted by Gasteiger charge is -2.10. The molecule has 4 aromatic rings. The third-order valence-corrected chi connectivity index (χ3v) is 6.57. The quantitative estimate of drug-likeness (QED) is 0.172. The molecule has 0 saturated carbocycles. The summed E-state index contributed by atoms with van der Waals surface area (Å²) >= 11 is 1.54. The third kappa shape index (κ3) is 6.34. The molecule has 0 spiro atoms. The van der Waals surface area contributed by atoms with Crippen LogP contribution in [0.2, 0.25) is 0 Å². The van der Waals surface area contributed by atoms with Crippen LogP contribution >= 0.6 is 11.8 Å². The van der Waals surface area contributed by atoms with Gasteiger partial charge in [-0.3, -0.25) is 0 Å². The summed E-state index contributed by atoms with van der Waals surface area (Å²) in [6.07, 6.45) is 0.780. The molecular weight excluding hydrogens is 486 g/mol. The van der Waals surface area contributed by atoms with Crippen LogP contribution in [0.5, 0.6) is 11.5 Å². The van der Waals surface area contributed by atoms with E-state index < -0.39 is 6.61 Å². The van der Waals surface area contributed by atoms with E-state index in [1.165, 1.54) is 23.9 Å². The van der Waals surface area contributed by atoms with Gasteiger partial charge in [-0.15, -0.1) is 0 Å². The first-order valence-corrected chi connectivity index (χ1v) is 12.4. The zero-order valence-electron chi connectivity index (χ0n) is 19.9. The number of carbonyl (C=O) groups is 1. The second-order valence-electron chi connectivity index (χ2n) is 7.88. The highest BCUT2D eigenvalue weighted by atomic mass is 32.2. The lowest BCUT2D eigenvalue weighted by atomic mass is 10.1.